The Morgan fingerprint density at radius 3 is 2.72 bits per heavy atom. The van der Waals surface area contributed by atoms with Gasteiger partial charge in [0.05, 0.1) is 17.6 Å². The maximum atomic E-state index is 6.13. The van der Waals surface area contributed by atoms with Gasteiger partial charge in [-0.2, -0.15) is 5.10 Å². The number of aryl methyl sites for hydroxylation is 3. The monoisotopic (exact) mass is 248 g/mol. The van der Waals surface area contributed by atoms with Crippen molar-refractivity contribution in [2.75, 3.05) is 17.7 Å². The summed E-state index contributed by atoms with van der Waals surface area (Å²) in [5, 5.41) is 4.43. The van der Waals surface area contributed by atoms with Crippen molar-refractivity contribution in [3.63, 3.8) is 0 Å². The fourth-order valence-electron chi connectivity index (χ4n) is 2.21. The second kappa shape index (κ2) is 4.76. The molecule has 0 saturated heterocycles. The quantitative estimate of drug-likeness (QED) is 0.900. The molecule has 98 valence electrons. The largest absolute Gasteiger partial charge is 0.469 e. The van der Waals surface area contributed by atoms with Crippen LogP contribution in [0.3, 0.4) is 0 Å². The van der Waals surface area contributed by atoms with Crippen LogP contribution < -0.4 is 10.6 Å². The average Bonchev–Trinajstić information content (AvgIpc) is 2.83. The first kappa shape index (κ1) is 12.5. The molecule has 5 heteroatoms. The van der Waals surface area contributed by atoms with Gasteiger partial charge in [0.2, 0.25) is 0 Å². The fourth-order valence-corrected chi connectivity index (χ4v) is 2.21. The molecule has 0 aliphatic heterocycles. The van der Waals surface area contributed by atoms with Crippen molar-refractivity contribution in [2.45, 2.75) is 26.8 Å². The summed E-state index contributed by atoms with van der Waals surface area (Å²) in [4.78, 5) is 2.10. The summed E-state index contributed by atoms with van der Waals surface area (Å²) in [6.45, 7) is 4.78. The minimum Gasteiger partial charge on any atom is -0.469 e. The van der Waals surface area contributed by atoms with Gasteiger partial charge in [-0.05, 0) is 19.4 Å². The smallest absolute Gasteiger partial charge is 0.150 e. The number of anilines is 2. The van der Waals surface area contributed by atoms with Crippen molar-refractivity contribution in [1.82, 2.24) is 9.78 Å². The molecule has 2 rings (SSSR count). The van der Waals surface area contributed by atoms with Crippen LogP contribution in [-0.4, -0.2) is 16.8 Å². The molecule has 0 amide bonds. The molecule has 0 spiro atoms. The van der Waals surface area contributed by atoms with Gasteiger partial charge in [-0.3, -0.25) is 4.68 Å². The van der Waals surface area contributed by atoms with Crippen LogP contribution >= 0.6 is 0 Å². The lowest BCUT2D eigenvalue weighted by molar-refractivity contribution is 0.529. The highest BCUT2D eigenvalue weighted by Crippen LogP contribution is 2.27. The molecule has 5 nitrogen and oxygen atoms in total. The summed E-state index contributed by atoms with van der Waals surface area (Å²) in [5.74, 6) is 1.89. The number of furan rings is 1. The third-order valence-corrected chi connectivity index (χ3v) is 3.20. The molecule has 0 bridgehead atoms. The van der Waals surface area contributed by atoms with Crippen LogP contribution in [0.25, 0.3) is 0 Å². The number of hydrogen-bond donors (Lipinski definition) is 1. The topological polar surface area (TPSA) is 60.2 Å². The van der Waals surface area contributed by atoms with Crippen LogP contribution in [0.1, 0.15) is 23.9 Å². The second-order valence-corrected chi connectivity index (χ2v) is 4.52. The molecular weight excluding hydrogens is 228 g/mol. The van der Waals surface area contributed by atoms with E-state index in [-0.39, 0.29) is 0 Å². The Bertz CT molecular complexity index is 541. The summed E-state index contributed by atoms with van der Waals surface area (Å²) in [7, 11) is 3.93. The summed E-state index contributed by atoms with van der Waals surface area (Å²) in [6.07, 6.45) is 2.56. The predicted molar refractivity (Wildman–Crippen MR) is 72.6 cm³/mol. The number of nitrogens with two attached hydrogens (primary N) is 1. The minimum absolute atomic E-state index is 0.759. The number of nitrogen functional groups attached to an aromatic ring is 1. The number of hydrogen-bond acceptors (Lipinski definition) is 4. The van der Waals surface area contributed by atoms with E-state index in [9.17, 15) is 0 Å². The van der Waals surface area contributed by atoms with Gasteiger partial charge in [0.15, 0.2) is 0 Å². The highest BCUT2D eigenvalue weighted by Gasteiger charge is 2.16. The summed E-state index contributed by atoms with van der Waals surface area (Å²) in [5.41, 5.74) is 9.01. The van der Waals surface area contributed by atoms with E-state index in [2.05, 4.69) is 16.9 Å². The Morgan fingerprint density at radius 1 is 1.50 bits per heavy atom. The molecule has 18 heavy (non-hydrogen) atoms. The first-order valence-corrected chi connectivity index (χ1v) is 6.10. The van der Waals surface area contributed by atoms with Crippen molar-refractivity contribution < 1.29 is 4.42 Å². The summed E-state index contributed by atoms with van der Waals surface area (Å²) in [6, 6.07) is 1.99. The molecule has 0 atom stereocenters. The fraction of sp³-hybridized carbons (Fsp3) is 0.462. The highest BCUT2D eigenvalue weighted by molar-refractivity contribution is 5.66. The second-order valence-electron chi connectivity index (χ2n) is 4.52. The van der Waals surface area contributed by atoms with E-state index in [0.717, 1.165) is 41.5 Å². The van der Waals surface area contributed by atoms with Gasteiger partial charge in [-0.25, -0.2) is 0 Å². The number of aromatic nitrogens is 2. The molecule has 2 aromatic heterocycles. The third kappa shape index (κ3) is 2.08. The van der Waals surface area contributed by atoms with Gasteiger partial charge in [0.1, 0.15) is 11.6 Å². The van der Waals surface area contributed by atoms with Crippen LogP contribution in [0.4, 0.5) is 11.5 Å². The van der Waals surface area contributed by atoms with Gasteiger partial charge in [-0.1, -0.05) is 6.92 Å². The zero-order valence-corrected chi connectivity index (χ0v) is 11.4. The standard InChI is InChI=1S/C13H20N4O/c1-5-11-12(14)13(17(4)15-11)16(3)8-10-6-7-18-9(10)2/h6-7H,5,8,14H2,1-4H3. The maximum absolute atomic E-state index is 6.13. The Labute approximate surface area is 107 Å². The third-order valence-electron chi connectivity index (χ3n) is 3.20. The van der Waals surface area contributed by atoms with Crippen molar-refractivity contribution in [3.8, 4) is 0 Å². The molecule has 0 unspecified atom stereocenters. The summed E-state index contributed by atoms with van der Waals surface area (Å²) < 4.78 is 7.14. The maximum Gasteiger partial charge on any atom is 0.150 e. The van der Waals surface area contributed by atoms with Crippen molar-refractivity contribution in [1.29, 1.82) is 0 Å². The van der Waals surface area contributed by atoms with Gasteiger partial charge < -0.3 is 15.1 Å². The lowest BCUT2D eigenvalue weighted by Gasteiger charge is -2.19. The van der Waals surface area contributed by atoms with E-state index < -0.39 is 0 Å². The van der Waals surface area contributed by atoms with Crippen LogP contribution in [0.15, 0.2) is 16.7 Å². The van der Waals surface area contributed by atoms with Crippen molar-refractivity contribution in [2.24, 2.45) is 7.05 Å². The van der Waals surface area contributed by atoms with Gasteiger partial charge in [0, 0.05) is 26.2 Å². The first-order valence-electron chi connectivity index (χ1n) is 6.10. The molecular formula is C13H20N4O. The molecule has 2 aromatic rings. The average molecular weight is 248 g/mol. The van der Waals surface area contributed by atoms with E-state index in [1.165, 1.54) is 0 Å². The SMILES string of the molecule is CCc1nn(C)c(N(C)Cc2ccoc2C)c1N. The Hall–Kier alpha value is -1.91. The van der Waals surface area contributed by atoms with Crippen molar-refractivity contribution in [3.05, 3.63) is 29.3 Å². The van der Waals surface area contributed by atoms with E-state index >= 15 is 0 Å². The zero-order chi connectivity index (χ0) is 13.3. The molecule has 0 fully saturated rings. The summed E-state index contributed by atoms with van der Waals surface area (Å²) >= 11 is 0. The Balaban J connectivity index is 2.26. The molecule has 0 aromatic carbocycles. The molecule has 2 N–H and O–H groups in total. The molecule has 0 aliphatic carbocycles. The van der Waals surface area contributed by atoms with E-state index in [4.69, 9.17) is 10.2 Å². The van der Waals surface area contributed by atoms with Gasteiger partial charge >= 0.3 is 0 Å². The molecule has 2 heterocycles. The van der Waals surface area contributed by atoms with E-state index in [0.29, 0.717) is 0 Å². The van der Waals surface area contributed by atoms with Gasteiger partial charge in [0.25, 0.3) is 0 Å². The highest BCUT2D eigenvalue weighted by atomic mass is 16.3. The number of nitrogens with zero attached hydrogens (tertiary/aromatic N) is 3. The first-order chi connectivity index (χ1) is 8.54. The zero-order valence-electron chi connectivity index (χ0n) is 11.4. The minimum atomic E-state index is 0.759. The Kier molecular flexibility index (Phi) is 3.32. The lowest BCUT2D eigenvalue weighted by Crippen LogP contribution is -2.20. The predicted octanol–water partition coefficient (Wildman–Crippen LogP) is 2.10. The number of rotatable bonds is 4. The molecule has 0 aliphatic rings. The van der Waals surface area contributed by atoms with Crippen LogP contribution in [0.5, 0.6) is 0 Å². The molecule has 0 radical (unpaired) electrons. The van der Waals surface area contributed by atoms with E-state index in [1.807, 2.05) is 31.8 Å². The van der Waals surface area contributed by atoms with E-state index in [1.54, 1.807) is 6.26 Å². The van der Waals surface area contributed by atoms with Crippen LogP contribution in [0.2, 0.25) is 0 Å². The van der Waals surface area contributed by atoms with Crippen molar-refractivity contribution >= 4 is 11.5 Å². The Morgan fingerprint density at radius 2 is 2.22 bits per heavy atom. The van der Waals surface area contributed by atoms with Crippen LogP contribution in [0, 0.1) is 6.92 Å². The normalized spacial score (nSPS) is 10.9. The van der Waals surface area contributed by atoms with Gasteiger partial charge in [-0.15, -0.1) is 0 Å². The molecule has 0 saturated carbocycles. The van der Waals surface area contributed by atoms with Crippen LogP contribution in [-0.2, 0) is 20.0 Å². The lowest BCUT2D eigenvalue weighted by atomic mass is 10.2.